The fourth-order valence-corrected chi connectivity index (χ4v) is 6.78. The molecule has 0 spiro atoms. The highest BCUT2D eigenvalue weighted by Gasteiger charge is 2.46. The molecule has 1 amide bonds. The van der Waals surface area contributed by atoms with Gasteiger partial charge in [-0.2, -0.15) is 14.7 Å². The van der Waals surface area contributed by atoms with Crippen molar-refractivity contribution in [2.45, 2.75) is 55.2 Å². The van der Waals surface area contributed by atoms with Crippen molar-refractivity contribution in [2.24, 2.45) is 0 Å². The number of sulfone groups is 1. The topological polar surface area (TPSA) is 185 Å². The zero-order valence-corrected chi connectivity index (χ0v) is 20.8. The molecule has 2 aliphatic heterocycles. The summed E-state index contributed by atoms with van der Waals surface area (Å²) in [6.45, 7) is -0.178. The Balaban J connectivity index is 1.43. The summed E-state index contributed by atoms with van der Waals surface area (Å²) < 4.78 is 27.2. The third-order valence-corrected chi connectivity index (χ3v) is 8.46. The number of aliphatic hydroxyl groups excluding tert-OH is 1. The average Bonchev–Trinajstić information content (AvgIpc) is 3.61. The molecule has 4 N–H and O–H groups in total. The highest BCUT2D eigenvalue weighted by atomic mass is 32.2. The van der Waals surface area contributed by atoms with Crippen molar-refractivity contribution in [3.8, 4) is 11.1 Å². The van der Waals surface area contributed by atoms with Crippen molar-refractivity contribution in [3.05, 3.63) is 48.1 Å². The fraction of sp³-hybridized carbons (Fsp3) is 0.391. The monoisotopic (exact) mass is 523 g/mol. The van der Waals surface area contributed by atoms with E-state index in [0.717, 1.165) is 19.1 Å². The zero-order valence-electron chi connectivity index (χ0n) is 19.9. The maximum Gasteiger partial charge on any atom is 0.291 e. The molecular weight excluding hydrogens is 498 g/mol. The van der Waals surface area contributed by atoms with E-state index in [9.17, 15) is 18.3 Å². The van der Waals surface area contributed by atoms with Gasteiger partial charge < -0.3 is 15.7 Å². The molecule has 0 aliphatic carbocycles. The Hall–Kier alpha value is -3.91. The number of rotatable bonds is 5. The predicted octanol–water partition coefficient (Wildman–Crippen LogP) is 0.938. The molecule has 37 heavy (non-hydrogen) atoms. The van der Waals surface area contributed by atoms with Gasteiger partial charge in [0.25, 0.3) is 5.91 Å². The molecule has 0 saturated carbocycles. The van der Waals surface area contributed by atoms with E-state index >= 15 is 0 Å². The number of aromatic amines is 1. The molecule has 3 atom stereocenters. The molecule has 2 saturated heterocycles. The number of fused-ring (bicyclic) bond motifs is 3. The maximum atomic E-state index is 13.1. The standard InChI is InChI=1S/C23H25N9O4S/c1-37(35,36)19-18(13-6-15-4-5-16(7-13)31(15)23(34)21-26-11-27-30-21)29-22-17(9-28-32(22)20(19)24)12-2-3-14(10-33)25-8-12/h2-3,8-9,11,13,15-16,33H,4-7,10,24H2,1H3,(H,26,27,30)/t13?,15-,16+. The number of piperidine rings is 1. The van der Waals surface area contributed by atoms with E-state index < -0.39 is 9.84 Å². The fourth-order valence-electron chi connectivity index (χ4n) is 5.72. The molecule has 2 aliphatic rings. The third-order valence-electron chi connectivity index (χ3n) is 7.30. The normalized spacial score (nSPS) is 21.6. The van der Waals surface area contributed by atoms with Crippen LogP contribution >= 0.6 is 0 Å². The van der Waals surface area contributed by atoms with E-state index in [1.54, 1.807) is 24.5 Å². The molecule has 0 radical (unpaired) electrons. The second kappa shape index (κ2) is 8.59. The number of anilines is 1. The Morgan fingerprint density at radius 3 is 2.54 bits per heavy atom. The molecule has 0 aromatic carbocycles. The lowest BCUT2D eigenvalue weighted by molar-refractivity contribution is 0.0556. The lowest BCUT2D eigenvalue weighted by Crippen LogP contribution is -2.46. The third kappa shape index (κ3) is 3.83. The number of aliphatic hydroxyl groups is 1. The second-order valence-electron chi connectivity index (χ2n) is 9.57. The molecule has 4 aromatic rings. The Labute approximate surface area is 211 Å². The number of hydrogen-bond donors (Lipinski definition) is 3. The molecule has 192 valence electrons. The number of nitrogens with one attached hydrogen (secondary N) is 1. The highest BCUT2D eigenvalue weighted by molar-refractivity contribution is 7.91. The summed E-state index contributed by atoms with van der Waals surface area (Å²) in [5, 5.41) is 20.1. The van der Waals surface area contributed by atoms with Gasteiger partial charge in [0.2, 0.25) is 5.82 Å². The Morgan fingerprint density at radius 1 is 1.19 bits per heavy atom. The smallest absolute Gasteiger partial charge is 0.291 e. The lowest BCUT2D eigenvalue weighted by atomic mass is 9.87. The van der Waals surface area contributed by atoms with Crippen molar-refractivity contribution >= 4 is 27.2 Å². The molecule has 1 unspecified atom stereocenters. The van der Waals surface area contributed by atoms with E-state index in [-0.39, 0.29) is 47.1 Å². The Kier molecular flexibility index (Phi) is 5.45. The van der Waals surface area contributed by atoms with E-state index in [4.69, 9.17) is 10.7 Å². The van der Waals surface area contributed by atoms with Gasteiger partial charge in [0, 0.05) is 41.6 Å². The van der Waals surface area contributed by atoms with Crippen LogP contribution in [0, 0.1) is 0 Å². The van der Waals surface area contributed by atoms with Crippen molar-refractivity contribution < 1.29 is 18.3 Å². The molecule has 13 nitrogen and oxygen atoms in total. The molecular formula is C23H25N9O4S. The highest BCUT2D eigenvalue weighted by Crippen LogP contribution is 2.45. The number of hydrogen-bond acceptors (Lipinski definition) is 10. The quantitative estimate of drug-likeness (QED) is 0.340. The molecule has 6 rings (SSSR count). The van der Waals surface area contributed by atoms with Crippen LogP contribution in [0.15, 0.2) is 35.7 Å². The van der Waals surface area contributed by atoms with E-state index in [1.165, 1.54) is 10.8 Å². The van der Waals surface area contributed by atoms with Gasteiger partial charge in [-0.3, -0.25) is 14.9 Å². The first kappa shape index (κ1) is 23.5. The molecule has 2 bridgehead atoms. The van der Waals surface area contributed by atoms with Crippen molar-refractivity contribution in [3.63, 3.8) is 0 Å². The summed E-state index contributed by atoms with van der Waals surface area (Å²) >= 11 is 0. The number of carbonyl (C=O) groups is 1. The summed E-state index contributed by atoms with van der Waals surface area (Å²) in [7, 11) is -3.74. The number of pyridine rings is 1. The van der Waals surface area contributed by atoms with Gasteiger partial charge in [-0.15, -0.1) is 0 Å². The minimum absolute atomic E-state index is 0.00111. The van der Waals surface area contributed by atoms with Crippen LogP contribution in [0.3, 0.4) is 0 Å². The summed E-state index contributed by atoms with van der Waals surface area (Å²) in [6.07, 6.45) is 8.34. The van der Waals surface area contributed by atoms with Crippen LogP contribution in [0.25, 0.3) is 16.8 Å². The van der Waals surface area contributed by atoms with Gasteiger partial charge in [-0.25, -0.2) is 18.4 Å². The Bertz CT molecular complexity index is 1590. The van der Waals surface area contributed by atoms with Crippen LogP contribution in [-0.4, -0.2) is 77.4 Å². The van der Waals surface area contributed by atoms with Crippen molar-refractivity contribution in [1.82, 2.24) is 39.7 Å². The maximum absolute atomic E-state index is 13.1. The van der Waals surface area contributed by atoms with Crippen LogP contribution in [0.5, 0.6) is 0 Å². The first-order chi connectivity index (χ1) is 17.8. The van der Waals surface area contributed by atoms with E-state index in [2.05, 4.69) is 25.3 Å². The van der Waals surface area contributed by atoms with Gasteiger partial charge in [-0.05, 0) is 31.7 Å². The number of aromatic nitrogens is 7. The number of carbonyl (C=O) groups excluding carboxylic acids is 1. The predicted molar refractivity (Wildman–Crippen MR) is 131 cm³/mol. The SMILES string of the molecule is CS(=O)(=O)c1c(C2C[C@H]3CC[C@@H](C2)N3C(=O)c2ncn[nH]2)nc2c(-c3ccc(CO)nc3)cnn2c1N. The zero-order chi connectivity index (χ0) is 25.9. The van der Waals surface area contributed by atoms with Crippen LogP contribution in [0.2, 0.25) is 0 Å². The van der Waals surface area contributed by atoms with Crippen LogP contribution < -0.4 is 5.73 Å². The number of nitrogens with zero attached hydrogens (tertiary/aromatic N) is 7. The molecule has 14 heteroatoms. The van der Waals surface area contributed by atoms with Gasteiger partial charge in [0.05, 0.1) is 24.2 Å². The average molecular weight is 524 g/mol. The van der Waals surface area contributed by atoms with E-state index in [1.807, 2.05) is 4.90 Å². The minimum Gasteiger partial charge on any atom is -0.390 e. The summed E-state index contributed by atoms with van der Waals surface area (Å²) in [4.78, 5) is 28.0. The second-order valence-corrected chi connectivity index (χ2v) is 11.5. The first-order valence-electron chi connectivity index (χ1n) is 11.9. The summed E-state index contributed by atoms with van der Waals surface area (Å²) in [5.74, 6) is -0.223. The summed E-state index contributed by atoms with van der Waals surface area (Å²) in [5.41, 5.74) is 9.13. The van der Waals surface area contributed by atoms with Crippen LogP contribution in [0.1, 0.15) is 53.6 Å². The van der Waals surface area contributed by atoms with Crippen molar-refractivity contribution in [1.29, 1.82) is 0 Å². The van der Waals surface area contributed by atoms with Gasteiger partial charge in [0.15, 0.2) is 15.5 Å². The number of nitrogens with two attached hydrogens (primary N) is 1. The summed E-state index contributed by atoms with van der Waals surface area (Å²) in [6, 6.07) is 3.35. The van der Waals surface area contributed by atoms with Crippen molar-refractivity contribution in [2.75, 3.05) is 12.0 Å². The first-order valence-corrected chi connectivity index (χ1v) is 13.8. The minimum atomic E-state index is -3.74. The lowest BCUT2D eigenvalue weighted by Gasteiger charge is -2.38. The molecule has 2 fully saturated rings. The van der Waals surface area contributed by atoms with E-state index in [0.29, 0.717) is 41.0 Å². The van der Waals surface area contributed by atoms with Crippen LogP contribution in [-0.2, 0) is 16.4 Å². The molecule has 6 heterocycles. The van der Waals surface area contributed by atoms with Gasteiger partial charge >= 0.3 is 0 Å². The largest absolute Gasteiger partial charge is 0.390 e. The number of amides is 1. The van der Waals surface area contributed by atoms with Crippen LogP contribution in [0.4, 0.5) is 5.82 Å². The Morgan fingerprint density at radius 2 is 1.95 bits per heavy atom. The number of H-pyrrole nitrogens is 1. The number of nitrogen functional groups attached to an aromatic ring is 1. The molecule has 4 aromatic heterocycles. The van der Waals surface area contributed by atoms with Gasteiger partial charge in [0.1, 0.15) is 17.0 Å². The van der Waals surface area contributed by atoms with Gasteiger partial charge in [-0.1, -0.05) is 6.07 Å².